The van der Waals surface area contributed by atoms with E-state index in [9.17, 15) is 9.90 Å². The van der Waals surface area contributed by atoms with Gasteiger partial charge in [0.2, 0.25) is 0 Å². The van der Waals surface area contributed by atoms with E-state index in [2.05, 4.69) is 42.4 Å². The minimum Gasteiger partial charge on any atom is -0.503 e. The Morgan fingerprint density at radius 1 is 1.22 bits per heavy atom. The van der Waals surface area contributed by atoms with Gasteiger partial charge in [0.1, 0.15) is 5.75 Å². The zero-order chi connectivity index (χ0) is 20.0. The molecule has 0 fully saturated rings. The van der Waals surface area contributed by atoms with Crippen LogP contribution in [-0.4, -0.2) is 30.4 Å². The number of hydrazone groups is 1. The minimum atomic E-state index is -0.382. The van der Waals surface area contributed by atoms with Crippen molar-refractivity contribution in [3.05, 3.63) is 49.9 Å². The van der Waals surface area contributed by atoms with Gasteiger partial charge in [-0.05, 0) is 69.8 Å². The molecule has 2 aromatic rings. The van der Waals surface area contributed by atoms with Crippen LogP contribution >= 0.6 is 31.9 Å². The van der Waals surface area contributed by atoms with Crippen LogP contribution in [0, 0.1) is 13.8 Å². The normalized spacial score (nSPS) is 10.9. The van der Waals surface area contributed by atoms with Gasteiger partial charge < -0.3 is 14.6 Å². The summed E-state index contributed by atoms with van der Waals surface area (Å²) in [5, 5.41) is 14.0. The number of para-hydroxylation sites is 1. The van der Waals surface area contributed by atoms with Gasteiger partial charge in [-0.1, -0.05) is 18.2 Å². The van der Waals surface area contributed by atoms with E-state index in [4.69, 9.17) is 9.47 Å². The molecule has 27 heavy (non-hydrogen) atoms. The number of amides is 1. The van der Waals surface area contributed by atoms with E-state index in [1.54, 1.807) is 6.07 Å². The highest BCUT2D eigenvalue weighted by molar-refractivity contribution is 9.13. The van der Waals surface area contributed by atoms with E-state index in [1.165, 1.54) is 6.21 Å². The van der Waals surface area contributed by atoms with Crippen molar-refractivity contribution in [2.75, 3.05) is 13.2 Å². The van der Waals surface area contributed by atoms with Crippen molar-refractivity contribution in [1.29, 1.82) is 0 Å². The molecule has 8 heteroatoms. The van der Waals surface area contributed by atoms with E-state index in [1.807, 2.05) is 39.0 Å². The second-order valence-electron chi connectivity index (χ2n) is 5.68. The third-order valence-electron chi connectivity index (χ3n) is 3.62. The van der Waals surface area contributed by atoms with Gasteiger partial charge in [-0.2, -0.15) is 5.10 Å². The third kappa shape index (κ3) is 5.46. The lowest BCUT2D eigenvalue weighted by Gasteiger charge is -2.11. The van der Waals surface area contributed by atoms with E-state index < -0.39 is 0 Å². The Kier molecular flexibility index (Phi) is 7.67. The lowest BCUT2D eigenvalue weighted by molar-refractivity contribution is -0.123. The van der Waals surface area contributed by atoms with Crippen molar-refractivity contribution in [3.8, 4) is 17.2 Å². The van der Waals surface area contributed by atoms with Crippen molar-refractivity contribution in [2.45, 2.75) is 20.8 Å². The summed E-state index contributed by atoms with van der Waals surface area (Å²) in [6.45, 7) is 5.93. The maximum Gasteiger partial charge on any atom is 0.277 e. The third-order valence-corrected chi connectivity index (χ3v) is 5.78. The molecule has 0 aliphatic heterocycles. The lowest BCUT2D eigenvalue weighted by atomic mass is 10.1. The number of nitrogens with zero attached hydrogens (tertiary/aromatic N) is 1. The number of ether oxygens (including phenoxy) is 2. The second-order valence-corrected chi connectivity index (χ2v) is 7.26. The summed E-state index contributed by atoms with van der Waals surface area (Å²) in [5.41, 5.74) is 4.97. The summed E-state index contributed by atoms with van der Waals surface area (Å²) in [5.74, 6) is 0.627. The van der Waals surface area contributed by atoms with Crippen molar-refractivity contribution < 1.29 is 19.4 Å². The van der Waals surface area contributed by atoms with Crippen molar-refractivity contribution >= 4 is 44.0 Å². The molecule has 1 amide bonds. The summed E-state index contributed by atoms with van der Waals surface area (Å²) in [7, 11) is 0. The first-order valence-corrected chi connectivity index (χ1v) is 9.78. The maximum atomic E-state index is 12.0. The summed E-state index contributed by atoms with van der Waals surface area (Å²) in [4.78, 5) is 12.0. The number of aromatic hydroxyl groups is 1. The highest BCUT2D eigenvalue weighted by atomic mass is 79.9. The highest BCUT2D eigenvalue weighted by Crippen LogP contribution is 2.41. The monoisotopic (exact) mass is 498 g/mol. The van der Waals surface area contributed by atoms with Crippen molar-refractivity contribution in [1.82, 2.24) is 5.43 Å². The van der Waals surface area contributed by atoms with E-state index in [0.717, 1.165) is 11.1 Å². The number of halogens is 2. The quantitative estimate of drug-likeness (QED) is 0.435. The average molecular weight is 500 g/mol. The molecule has 0 atom stereocenters. The highest BCUT2D eigenvalue weighted by Gasteiger charge is 2.14. The summed E-state index contributed by atoms with van der Waals surface area (Å²) < 4.78 is 12.0. The Morgan fingerprint density at radius 2 is 1.89 bits per heavy atom. The van der Waals surface area contributed by atoms with Crippen LogP contribution in [0.1, 0.15) is 23.6 Å². The summed E-state index contributed by atoms with van der Waals surface area (Å²) >= 11 is 6.66. The molecule has 0 spiro atoms. The molecule has 6 nitrogen and oxygen atoms in total. The van der Waals surface area contributed by atoms with Gasteiger partial charge in [0.15, 0.2) is 18.1 Å². The van der Waals surface area contributed by atoms with Crippen LogP contribution in [0.25, 0.3) is 0 Å². The van der Waals surface area contributed by atoms with Gasteiger partial charge in [0.25, 0.3) is 5.91 Å². The van der Waals surface area contributed by atoms with Crippen LogP contribution in [-0.2, 0) is 4.79 Å². The molecule has 0 aromatic heterocycles. The number of hydrogen-bond donors (Lipinski definition) is 2. The minimum absolute atomic E-state index is 0.00749. The average Bonchev–Trinajstić information content (AvgIpc) is 2.63. The second kappa shape index (κ2) is 9.75. The van der Waals surface area contributed by atoms with Gasteiger partial charge in [0.05, 0.1) is 17.3 Å². The van der Waals surface area contributed by atoms with Crippen LogP contribution in [0.2, 0.25) is 0 Å². The lowest BCUT2D eigenvalue weighted by Crippen LogP contribution is -2.25. The number of aryl methyl sites for hydroxylation is 2. The zero-order valence-corrected chi connectivity index (χ0v) is 18.3. The maximum absolute atomic E-state index is 12.0. The fourth-order valence-electron chi connectivity index (χ4n) is 2.34. The molecule has 0 bridgehead atoms. The summed E-state index contributed by atoms with van der Waals surface area (Å²) in [6.07, 6.45) is 1.45. The Balaban J connectivity index is 2.02. The predicted octanol–water partition coefficient (Wildman–Crippen LogP) is 4.46. The molecule has 0 radical (unpaired) electrons. The fourth-order valence-corrected chi connectivity index (χ4v) is 3.17. The number of carbonyl (C=O) groups is 1. The van der Waals surface area contributed by atoms with Crippen molar-refractivity contribution in [2.24, 2.45) is 5.10 Å². The Labute approximate surface area is 174 Å². The number of phenols is 1. The van der Waals surface area contributed by atoms with E-state index in [0.29, 0.717) is 32.6 Å². The van der Waals surface area contributed by atoms with Crippen LogP contribution in [0.4, 0.5) is 0 Å². The first-order valence-electron chi connectivity index (χ1n) is 8.19. The molecule has 0 aliphatic carbocycles. The predicted molar refractivity (Wildman–Crippen MR) is 112 cm³/mol. The smallest absolute Gasteiger partial charge is 0.277 e. The summed E-state index contributed by atoms with van der Waals surface area (Å²) in [6, 6.07) is 7.41. The van der Waals surface area contributed by atoms with Gasteiger partial charge >= 0.3 is 0 Å². The Bertz CT molecular complexity index is 849. The molecule has 2 aromatic carbocycles. The SMILES string of the molecule is CCOc1cc(/C=N\NC(=O)COc2c(C)cccc2C)c(Br)c(Br)c1O. The molecular weight excluding hydrogens is 480 g/mol. The number of hydrogen-bond acceptors (Lipinski definition) is 5. The number of benzene rings is 2. The molecule has 0 unspecified atom stereocenters. The molecular formula is C19H20Br2N2O4. The van der Waals surface area contributed by atoms with Crippen LogP contribution < -0.4 is 14.9 Å². The topological polar surface area (TPSA) is 80.2 Å². The largest absolute Gasteiger partial charge is 0.503 e. The van der Waals surface area contributed by atoms with Gasteiger partial charge in [-0.15, -0.1) is 0 Å². The van der Waals surface area contributed by atoms with Crippen LogP contribution in [0.3, 0.4) is 0 Å². The number of carbonyl (C=O) groups excluding carboxylic acids is 1. The van der Waals surface area contributed by atoms with Gasteiger partial charge in [0, 0.05) is 10.0 Å². The van der Waals surface area contributed by atoms with Gasteiger partial charge in [-0.3, -0.25) is 4.79 Å². The number of phenolic OH excluding ortho intramolecular Hbond substituents is 1. The number of nitrogens with one attached hydrogen (secondary N) is 1. The van der Waals surface area contributed by atoms with Crippen LogP contribution in [0.15, 0.2) is 38.3 Å². The molecule has 2 N–H and O–H groups in total. The number of rotatable bonds is 7. The van der Waals surface area contributed by atoms with Gasteiger partial charge in [-0.25, -0.2) is 5.43 Å². The Hall–Kier alpha value is -2.06. The first kappa shape index (κ1) is 21.2. The van der Waals surface area contributed by atoms with E-state index >= 15 is 0 Å². The molecule has 0 heterocycles. The zero-order valence-electron chi connectivity index (χ0n) is 15.2. The Morgan fingerprint density at radius 3 is 2.52 bits per heavy atom. The van der Waals surface area contributed by atoms with Crippen LogP contribution in [0.5, 0.6) is 17.2 Å². The molecule has 0 saturated heterocycles. The van der Waals surface area contributed by atoms with Crippen molar-refractivity contribution in [3.63, 3.8) is 0 Å². The molecule has 0 aliphatic rings. The fraction of sp³-hybridized carbons (Fsp3) is 0.263. The molecule has 0 saturated carbocycles. The van der Waals surface area contributed by atoms with E-state index in [-0.39, 0.29) is 18.3 Å². The standard InChI is InChI=1S/C19H20Br2N2O4/c1-4-26-14-8-13(16(20)17(21)18(14)25)9-22-23-15(24)10-27-19-11(2)6-5-7-12(19)3/h5-9,25H,4,10H2,1-3H3,(H,23,24)/b22-9-. The first-order chi connectivity index (χ1) is 12.8. The molecule has 144 valence electrons. The molecule has 2 rings (SSSR count).